The van der Waals surface area contributed by atoms with Crippen LogP contribution in [0.5, 0.6) is 0 Å². The van der Waals surface area contributed by atoms with Gasteiger partial charge in [-0.3, -0.25) is 9.59 Å². The highest BCUT2D eigenvalue weighted by Gasteiger charge is 2.36. The third-order valence-electron chi connectivity index (χ3n) is 5.27. The summed E-state index contributed by atoms with van der Waals surface area (Å²) < 4.78 is 5.42. The van der Waals surface area contributed by atoms with Crippen molar-refractivity contribution in [3.05, 3.63) is 23.4 Å². The first kappa shape index (κ1) is 17.2. The first-order valence-corrected chi connectivity index (χ1v) is 9.36. The number of likely N-dealkylation sites (tertiary alicyclic amines) is 1. The lowest BCUT2D eigenvalue weighted by molar-refractivity contribution is -0.133. The van der Waals surface area contributed by atoms with Gasteiger partial charge in [-0.15, -0.1) is 0 Å². The van der Waals surface area contributed by atoms with Gasteiger partial charge in [0.1, 0.15) is 6.04 Å². The fourth-order valence-corrected chi connectivity index (χ4v) is 3.78. The number of carbonyl (C=O) groups excluding carboxylic acids is 2. The van der Waals surface area contributed by atoms with E-state index < -0.39 is 0 Å². The molecule has 1 aliphatic carbocycles. The Labute approximate surface area is 152 Å². The summed E-state index contributed by atoms with van der Waals surface area (Å²) >= 11 is 0. The fraction of sp³-hybridized carbons (Fsp3) is 0.667. The number of rotatable bonds is 6. The molecule has 3 aliphatic rings. The number of amides is 2. The first-order valence-electron chi connectivity index (χ1n) is 9.36. The van der Waals surface area contributed by atoms with Crippen molar-refractivity contribution in [2.75, 3.05) is 19.6 Å². The Hall–Kier alpha value is -2.22. The van der Waals surface area contributed by atoms with E-state index in [0.29, 0.717) is 31.4 Å². The highest BCUT2D eigenvalue weighted by molar-refractivity contribution is 5.91. The van der Waals surface area contributed by atoms with Gasteiger partial charge in [0.15, 0.2) is 5.82 Å². The van der Waals surface area contributed by atoms with Crippen LogP contribution < -0.4 is 5.73 Å². The quantitative estimate of drug-likeness (QED) is 0.816. The zero-order chi connectivity index (χ0) is 18.3. The summed E-state index contributed by atoms with van der Waals surface area (Å²) in [6.07, 6.45) is 5.82. The van der Waals surface area contributed by atoms with Gasteiger partial charge in [-0.1, -0.05) is 5.16 Å². The molecule has 1 saturated carbocycles. The van der Waals surface area contributed by atoms with Crippen LogP contribution in [0.25, 0.3) is 0 Å². The second-order valence-corrected chi connectivity index (χ2v) is 7.68. The van der Waals surface area contributed by atoms with Crippen molar-refractivity contribution < 1.29 is 14.1 Å². The minimum Gasteiger partial charge on any atom is -0.337 e. The van der Waals surface area contributed by atoms with Crippen LogP contribution in [-0.4, -0.2) is 57.4 Å². The van der Waals surface area contributed by atoms with Gasteiger partial charge in [0.05, 0.1) is 0 Å². The molecule has 0 aromatic carbocycles. The van der Waals surface area contributed by atoms with Gasteiger partial charge in [0, 0.05) is 44.1 Å². The van der Waals surface area contributed by atoms with Crippen LogP contribution in [0.1, 0.15) is 62.7 Å². The van der Waals surface area contributed by atoms with Crippen LogP contribution in [0.4, 0.5) is 0 Å². The third-order valence-corrected chi connectivity index (χ3v) is 5.27. The molecule has 0 bridgehead atoms. The van der Waals surface area contributed by atoms with E-state index in [1.807, 2.05) is 6.92 Å². The number of carbonyl (C=O) groups is 2. The zero-order valence-electron chi connectivity index (χ0n) is 15.1. The average molecular weight is 359 g/mol. The summed E-state index contributed by atoms with van der Waals surface area (Å²) in [7, 11) is 0. The fourth-order valence-electron chi connectivity index (χ4n) is 3.78. The molecule has 0 spiro atoms. The minimum atomic E-state index is -0.378. The topological polar surface area (TPSA) is 106 Å². The second-order valence-electron chi connectivity index (χ2n) is 7.68. The number of hydrogen-bond acceptors (Lipinski definition) is 6. The lowest BCUT2D eigenvalue weighted by Gasteiger charge is -2.25. The monoisotopic (exact) mass is 359 g/mol. The molecule has 3 heterocycles. The van der Waals surface area contributed by atoms with Gasteiger partial charge in [-0.2, -0.15) is 4.98 Å². The summed E-state index contributed by atoms with van der Waals surface area (Å²) in [6.45, 7) is 3.59. The Morgan fingerprint density at radius 3 is 2.92 bits per heavy atom. The largest absolute Gasteiger partial charge is 0.337 e. The molecule has 1 aromatic rings. The summed E-state index contributed by atoms with van der Waals surface area (Å²) in [5, 5.41) is 4.06. The standard InChI is InChI=1S/C18H25N5O3/c1-11-7-15(24)22(9-11)10-13(19)8-16(25)23-6-2-3-14(23)18-20-17(21-26-18)12-4-5-12/h7,12-14H,2-6,8-10,19H2,1H3/t13-,14+/m1/s1. The van der Waals surface area contributed by atoms with Gasteiger partial charge in [-0.05, 0) is 38.2 Å². The summed E-state index contributed by atoms with van der Waals surface area (Å²) in [6, 6.07) is -0.524. The molecule has 1 aromatic heterocycles. The van der Waals surface area contributed by atoms with E-state index >= 15 is 0 Å². The molecule has 8 heteroatoms. The lowest BCUT2D eigenvalue weighted by Crippen LogP contribution is -2.42. The molecule has 4 rings (SSSR count). The van der Waals surface area contributed by atoms with E-state index in [2.05, 4.69) is 10.1 Å². The number of nitrogens with two attached hydrogens (primary N) is 1. The Morgan fingerprint density at radius 1 is 1.42 bits per heavy atom. The Bertz CT molecular complexity index is 739. The third kappa shape index (κ3) is 3.51. The van der Waals surface area contributed by atoms with Crippen LogP contribution in [0.15, 0.2) is 16.2 Å². The van der Waals surface area contributed by atoms with Crippen molar-refractivity contribution in [3.8, 4) is 0 Å². The molecule has 140 valence electrons. The normalized spacial score (nSPS) is 24.3. The van der Waals surface area contributed by atoms with Crippen molar-refractivity contribution >= 4 is 11.8 Å². The Balaban J connectivity index is 1.34. The van der Waals surface area contributed by atoms with Crippen LogP contribution in [0.3, 0.4) is 0 Å². The number of nitrogens with zero attached hydrogens (tertiary/aromatic N) is 4. The van der Waals surface area contributed by atoms with Crippen LogP contribution in [-0.2, 0) is 9.59 Å². The van der Waals surface area contributed by atoms with Crippen LogP contribution >= 0.6 is 0 Å². The molecule has 1 saturated heterocycles. The summed E-state index contributed by atoms with van der Waals surface area (Å²) in [4.78, 5) is 32.6. The zero-order valence-corrected chi connectivity index (χ0v) is 15.1. The van der Waals surface area contributed by atoms with Crippen LogP contribution in [0, 0.1) is 0 Å². The molecule has 2 aliphatic heterocycles. The van der Waals surface area contributed by atoms with E-state index in [-0.39, 0.29) is 30.3 Å². The van der Waals surface area contributed by atoms with E-state index in [9.17, 15) is 9.59 Å². The number of hydrogen-bond donors (Lipinski definition) is 1. The van der Waals surface area contributed by atoms with Crippen molar-refractivity contribution in [2.45, 2.75) is 57.0 Å². The molecule has 0 unspecified atom stereocenters. The first-order chi connectivity index (χ1) is 12.5. The highest BCUT2D eigenvalue weighted by atomic mass is 16.5. The average Bonchev–Trinajstić information content (AvgIpc) is 3.01. The van der Waals surface area contributed by atoms with E-state index in [4.69, 9.17) is 10.3 Å². The predicted octanol–water partition coefficient (Wildman–Crippen LogP) is 1.12. The maximum absolute atomic E-state index is 12.8. The molecule has 2 atom stereocenters. The Kier molecular flexibility index (Phi) is 4.52. The minimum absolute atomic E-state index is 0.0116. The number of aromatic nitrogens is 2. The van der Waals surface area contributed by atoms with E-state index in [1.165, 1.54) is 0 Å². The van der Waals surface area contributed by atoms with Gasteiger partial charge < -0.3 is 20.1 Å². The SMILES string of the molecule is CC1=CC(=O)N(C[C@H](N)CC(=O)N2CCC[C@H]2c2nc(C3CC3)no2)C1. The maximum atomic E-state index is 12.8. The van der Waals surface area contributed by atoms with Gasteiger partial charge in [0.2, 0.25) is 17.7 Å². The molecule has 2 N–H and O–H groups in total. The highest BCUT2D eigenvalue weighted by Crippen LogP contribution is 2.39. The second kappa shape index (κ2) is 6.83. The van der Waals surface area contributed by atoms with Gasteiger partial charge >= 0.3 is 0 Å². The van der Waals surface area contributed by atoms with Crippen molar-refractivity contribution in [3.63, 3.8) is 0 Å². The van der Waals surface area contributed by atoms with Crippen molar-refractivity contribution in [1.82, 2.24) is 19.9 Å². The summed E-state index contributed by atoms with van der Waals surface area (Å²) in [5.41, 5.74) is 7.17. The van der Waals surface area contributed by atoms with Crippen LogP contribution in [0.2, 0.25) is 0 Å². The molecule has 8 nitrogen and oxygen atoms in total. The van der Waals surface area contributed by atoms with Gasteiger partial charge in [0.25, 0.3) is 0 Å². The van der Waals surface area contributed by atoms with Gasteiger partial charge in [-0.25, -0.2) is 0 Å². The van der Waals surface area contributed by atoms with Crippen molar-refractivity contribution in [1.29, 1.82) is 0 Å². The van der Waals surface area contributed by atoms with E-state index in [1.54, 1.807) is 15.9 Å². The van der Waals surface area contributed by atoms with Crippen molar-refractivity contribution in [2.24, 2.45) is 5.73 Å². The molecule has 26 heavy (non-hydrogen) atoms. The summed E-state index contributed by atoms with van der Waals surface area (Å²) in [5.74, 6) is 1.71. The Morgan fingerprint density at radius 2 is 2.23 bits per heavy atom. The van der Waals surface area contributed by atoms with E-state index in [0.717, 1.165) is 37.1 Å². The molecule has 2 amide bonds. The smallest absolute Gasteiger partial charge is 0.249 e. The molecular weight excluding hydrogens is 334 g/mol. The maximum Gasteiger partial charge on any atom is 0.249 e. The lowest BCUT2D eigenvalue weighted by atomic mass is 10.1. The molecular formula is C18H25N5O3. The molecule has 2 fully saturated rings. The predicted molar refractivity (Wildman–Crippen MR) is 92.9 cm³/mol. The molecule has 0 radical (unpaired) electrons.